The predicted molar refractivity (Wildman–Crippen MR) is 102 cm³/mol. The van der Waals surface area contributed by atoms with E-state index in [1.807, 2.05) is 54.9 Å². The number of nitriles is 1. The Morgan fingerprint density at radius 1 is 1.23 bits per heavy atom. The first-order valence-electron chi connectivity index (χ1n) is 8.09. The zero-order valence-corrected chi connectivity index (χ0v) is 15.2. The molecule has 0 aliphatic rings. The summed E-state index contributed by atoms with van der Waals surface area (Å²) in [4.78, 5) is 12.4. The number of carbonyl (C=O) groups excluding carboxylic acids is 1. The number of benzene rings is 2. The number of anilines is 1. The molecule has 130 valence electrons. The van der Waals surface area contributed by atoms with E-state index in [-0.39, 0.29) is 12.3 Å². The van der Waals surface area contributed by atoms with E-state index >= 15 is 0 Å². The second-order valence-corrected chi connectivity index (χ2v) is 6.34. The van der Waals surface area contributed by atoms with Gasteiger partial charge in [0.1, 0.15) is 6.07 Å². The summed E-state index contributed by atoms with van der Waals surface area (Å²) < 4.78 is 1.84. The third kappa shape index (κ3) is 3.61. The van der Waals surface area contributed by atoms with Gasteiger partial charge in [-0.3, -0.25) is 4.79 Å². The van der Waals surface area contributed by atoms with Crippen molar-refractivity contribution in [3.8, 4) is 11.8 Å². The molecule has 5 nitrogen and oxygen atoms in total. The molecule has 2 aromatic carbocycles. The molecule has 0 aliphatic heterocycles. The highest BCUT2D eigenvalue weighted by Gasteiger charge is 2.16. The highest BCUT2D eigenvalue weighted by atomic mass is 35.5. The quantitative estimate of drug-likeness (QED) is 0.754. The maximum Gasteiger partial charge on any atom is 0.228 e. The molecule has 1 N–H and O–H groups in total. The molecule has 0 spiro atoms. The Bertz CT molecular complexity index is 1000. The molecule has 1 aromatic heterocycles. The summed E-state index contributed by atoms with van der Waals surface area (Å²) in [5.74, 6) is -0.162. The van der Waals surface area contributed by atoms with Crippen LogP contribution < -0.4 is 5.32 Å². The zero-order valence-electron chi connectivity index (χ0n) is 14.5. The molecule has 3 rings (SSSR count). The lowest BCUT2D eigenvalue weighted by Crippen LogP contribution is -2.15. The average molecular weight is 365 g/mol. The van der Waals surface area contributed by atoms with E-state index in [9.17, 15) is 4.79 Å². The van der Waals surface area contributed by atoms with Crippen LogP contribution in [0.25, 0.3) is 5.69 Å². The second kappa shape index (κ2) is 7.42. The molecular weight excluding hydrogens is 348 g/mol. The molecule has 0 saturated heterocycles. The summed E-state index contributed by atoms with van der Waals surface area (Å²) in [7, 11) is 0. The number of nitrogens with zero attached hydrogens (tertiary/aromatic N) is 3. The van der Waals surface area contributed by atoms with Gasteiger partial charge in [-0.25, -0.2) is 4.68 Å². The number of para-hydroxylation sites is 1. The first-order chi connectivity index (χ1) is 12.5. The monoisotopic (exact) mass is 364 g/mol. The van der Waals surface area contributed by atoms with Gasteiger partial charge in [0, 0.05) is 16.9 Å². The van der Waals surface area contributed by atoms with Gasteiger partial charge in [0.15, 0.2) is 0 Å². The number of rotatable bonds is 4. The van der Waals surface area contributed by atoms with Crippen LogP contribution in [0.2, 0.25) is 5.02 Å². The zero-order chi connectivity index (χ0) is 18.7. The fraction of sp³-hybridized carbons (Fsp3) is 0.150. The molecular formula is C20H17ClN4O. The van der Waals surface area contributed by atoms with Crippen LogP contribution in [-0.2, 0) is 11.2 Å². The smallest absolute Gasteiger partial charge is 0.228 e. The molecule has 0 radical (unpaired) electrons. The maximum absolute atomic E-state index is 12.4. The first-order valence-corrected chi connectivity index (χ1v) is 8.47. The van der Waals surface area contributed by atoms with Gasteiger partial charge >= 0.3 is 0 Å². The highest BCUT2D eigenvalue weighted by Crippen LogP contribution is 2.22. The molecule has 0 fully saturated rings. The van der Waals surface area contributed by atoms with E-state index in [4.69, 9.17) is 16.9 Å². The lowest BCUT2D eigenvalue weighted by Gasteiger charge is -2.07. The molecule has 0 atom stereocenters. The van der Waals surface area contributed by atoms with Crippen LogP contribution in [0.1, 0.15) is 22.5 Å². The molecule has 26 heavy (non-hydrogen) atoms. The van der Waals surface area contributed by atoms with Crippen molar-refractivity contribution in [2.24, 2.45) is 0 Å². The van der Waals surface area contributed by atoms with Crippen molar-refractivity contribution in [1.82, 2.24) is 9.78 Å². The van der Waals surface area contributed by atoms with Crippen molar-refractivity contribution < 1.29 is 4.79 Å². The van der Waals surface area contributed by atoms with E-state index in [0.29, 0.717) is 16.3 Å². The van der Waals surface area contributed by atoms with Crippen LogP contribution >= 0.6 is 11.6 Å². The van der Waals surface area contributed by atoms with Crippen molar-refractivity contribution in [2.45, 2.75) is 20.3 Å². The average Bonchev–Trinajstić information content (AvgIpc) is 2.91. The Hall–Kier alpha value is -3.10. The molecule has 0 saturated carbocycles. The molecule has 1 heterocycles. The van der Waals surface area contributed by atoms with Gasteiger partial charge < -0.3 is 5.32 Å². The van der Waals surface area contributed by atoms with Gasteiger partial charge in [-0.05, 0) is 44.2 Å². The summed E-state index contributed by atoms with van der Waals surface area (Å²) in [6.45, 7) is 3.85. The molecule has 6 heteroatoms. The third-order valence-corrected chi connectivity index (χ3v) is 4.47. The fourth-order valence-electron chi connectivity index (χ4n) is 2.80. The Kier molecular flexibility index (Phi) is 5.06. The Labute approximate surface area is 156 Å². The van der Waals surface area contributed by atoms with Gasteiger partial charge in [-0.15, -0.1) is 0 Å². The predicted octanol–water partition coefficient (Wildman–Crippen LogP) is 4.20. The van der Waals surface area contributed by atoms with Crippen molar-refractivity contribution in [1.29, 1.82) is 5.26 Å². The van der Waals surface area contributed by atoms with Crippen LogP contribution in [0.15, 0.2) is 48.5 Å². The number of hydrogen-bond acceptors (Lipinski definition) is 3. The minimum atomic E-state index is -0.162. The van der Waals surface area contributed by atoms with Gasteiger partial charge in [0.05, 0.1) is 28.4 Å². The van der Waals surface area contributed by atoms with Crippen LogP contribution in [0.5, 0.6) is 0 Å². The number of halogens is 1. The molecule has 3 aromatic rings. The number of aromatic nitrogens is 2. The van der Waals surface area contributed by atoms with E-state index in [2.05, 4.69) is 10.4 Å². The molecule has 1 amide bonds. The summed E-state index contributed by atoms with van der Waals surface area (Å²) in [6, 6.07) is 16.6. The number of aryl methyl sites for hydroxylation is 1. The topological polar surface area (TPSA) is 70.7 Å². The highest BCUT2D eigenvalue weighted by molar-refractivity contribution is 6.32. The SMILES string of the molecule is Cc1nn(-c2ccccc2)c(C)c1CC(=O)Nc1ccc(C#N)c(Cl)c1. The fourth-order valence-corrected chi connectivity index (χ4v) is 3.02. The van der Waals surface area contributed by atoms with Gasteiger partial charge in [0.25, 0.3) is 0 Å². The molecule has 0 bridgehead atoms. The Balaban J connectivity index is 1.79. The van der Waals surface area contributed by atoms with Crippen molar-refractivity contribution in [2.75, 3.05) is 5.32 Å². The number of hydrogen-bond donors (Lipinski definition) is 1. The standard InChI is InChI=1S/C20H17ClN4O/c1-13-18(14(2)25(24-13)17-6-4-3-5-7-17)11-20(26)23-16-9-8-15(12-22)19(21)10-16/h3-10H,11H2,1-2H3,(H,23,26). The second-order valence-electron chi connectivity index (χ2n) is 5.93. The van der Waals surface area contributed by atoms with E-state index in [1.165, 1.54) is 0 Å². The largest absolute Gasteiger partial charge is 0.326 e. The van der Waals surface area contributed by atoms with Crippen LogP contribution in [0.4, 0.5) is 5.69 Å². The summed E-state index contributed by atoms with van der Waals surface area (Å²) in [6.07, 6.45) is 0.210. The van der Waals surface area contributed by atoms with E-state index in [0.717, 1.165) is 22.6 Å². The number of nitrogens with one attached hydrogen (secondary N) is 1. The maximum atomic E-state index is 12.4. The van der Waals surface area contributed by atoms with Gasteiger partial charge in [-0.2, -0.15) is 10.4 Å². The van der Waals surface area contributed by atoms with Crippen molar-refractivity contribution in [3.63, 3.8) is 0 Å². The van der Waals surface area contributed by atoms with Crippen molar-refractivity contribution in [3.05, 3.63) is 76.1 Å². The van der Waals surface area contributed by atoms with Crippen LogP contribution in [0, 0.1) is 25.2 Å². The van der Waals surface area contributed by atoms with Crippen molar-refractivity contribution >= 4 is 23.2 Å². The summed E-state index contributed by atoms with van der Waals surface area (Å²) in [5.41, 5.74) is 4.54. The minimum absolute atomic E-state index is 0.162. The van der Waals surface area contributed by atoms with E-state index in [1.54, 1.807) is 18.2 Å². The molecule has 0 aliphatic carbocycles. The van der Waals surface area contributed by atoms with Crippen LogP contribution in [0.3, 0.4) is 0 Å². The Morgan fingerprint density at radius 2 is 1.96 bits per heavy atom. The van der Waals surface area contributed by atoms with Gasteiger partial charge in [-0.1, -0.05) is 29.8 Å². The number of amides is 1. The van der Waals surface area contributed by atoms with E-state index < -0.39 is 0 Å². The first kappa shape index (κ1) is 17.7. The lowest BCUT2D eigenvalue weighted by molar-refractivity contribution is -0.115. The minimum Gasteiger partial charge on any atom is -0.326 e. The number of carbonyl (C=O) groups is 1. The third-order valence-electron chi connectivity index (χ3n) is 4.15. The lowest BCUT2D eigenvalue weighted by atomic mass is 10.1. The normalized spacial score (nSPS) is 10.4. The molecule has 0 unspecified atom stereocenters. The van der Waals surface area contributed by atoms with Crippen LogP contribution in [-0.4, -0.2) is 15.7 Å². The van der Waals surface area contributed by atoms with Gasteiger partial charge in [0.2, 0.25) is 5.91 Å². The Morgan fingerprint density at radius 3 is 2.62 bits per heavy atom. The summed E-state index contributed by atoms with van der Waals surface area (Å²) >= 11 is 6.01. The summed E-state index contributed by atoms with van der Waals surface area (Å²) in [5, 5.41) is 16.6.